The molecular formula is C38H54N6O10. The predicted octanol–water partition coefficient (Wildman–Crippen LogP) is 0.921. The summed E-state index contributed by atoms with van der Waals surface area (Å²) in [6.07, 6.45) is 1.45. The fraction of sp³-hybridized carbons (Fsp3) is 0.605. The van der Waals surface area contributed by atoms with Crippen LogP contribution < -0.4 is 27.4 Å². The fourth-order valence-corrected chi connectivity index (χ4v) is 6.80. The summed E-state index contributed by atoms with van der Waals surface area (Å²) < 4.78 is 17.9. The highest BCUT2D eigenvalue weighted by Gasteiger charge is 2.57. The van der Waals surface area contributed by atoms with Crippen LogP contribution in [-0.2, 0) is 55.8 Å². The molecule has 54 heavy (non-hydrogen) atoms. The van der Waals surface area contributed by atoms with Gasteiger partial charge >= 0.3 is 6.03 Å². The summed E-state index contributed by atoms with van der Waals surface area (Å²) in [5.41, 5.74) is 12.7. The third kappa shape index (κ3) is 11.7. The van der Waals surface area contributed by atoms with Gasteiger partial charge in [-0.1, -0.05) is 38.1 Å². The highest BCUT2D eigenvalue weighted by atomic mass is 16.8. The maximum absolute atomic E-state index is 14.0. The topological polar surface area (TPSA) is 239 Å². The van der Waals surface area contributed by atoms with E-state index in [2.05, 4.69) is 16.0 Å². The van der Waals surface area contributed by atoms with Gasteiger partial charge in [-0.05, 0) is 69.5 Å². The van der Waals surface area contributed by atoms with Gasteiger partial charge in [0.05, 0.1) is 12.1 Å². The van der Waals surface area contributed by atoms with E-state index in [0.717, 1.165) is 16.0 Å². The molecule has 4 rings (SSSR count). The number of ether oxygens (including phenoxy) is 3. The number of Topliss-reactive ketones (excluding diaryl/α,β-unsaturated/α-hetero) is 2. The Morgan fingerprint density at radius 3 is 2.24 bits per heavy atom. The van der Waals surface area contributed by atoms with Gasteiger partial charge in [-0.25, -0.2) is 4.79 Å². The molecule has 6 amide bonds. The Morgan fingerprint density at radius 1 is 0.944 bits per heavy atom. The number of hydrogen-bond donors (Lipinski definition) is 5. The molecule has 3 heterocycles. The Kier molecular flexibility index (Phi) is 15.0. The van der Waals surface area contributed by atoms with Crippen LogP contribution in [0.3, 0.4) is 0 Å². The van der Waals surface area contributed by atoms with E-state index in [9.17, 15) is 33.6 Å². The number of nitrogens with zero attached hydrogens (tertiary/aromatic N) is 1. The number of fused-ring (bicyclic) bond motifs is 1. The van der Waals surface area contributed by atoms with Crippen molar-refractivity contribution in [3.63, 3.8) is 0 Å². The summed E-state index contributed by atoms with van der Waals surface area (Å²) >= 11 is 0. The third-order valence-corrected chi connectivity index (χ3v) is 9.70. The molecule has 0 aliphatic carbocycles. The van der Waals surface area contributed by atoms with Crippen molar-refractivity contribution in [2.24, 2.45) is 23.3 Å². The number of urea groups is 1. The van der Waals surface area contributed by atoms with Crippen molar-refractivity contribution in [3.05, 3.63) is 47.5 Å². The van der Waals surface area contributed by atoms with Crippen LogP contribution in [0, 0.1) is 11.8 Å². The van der Waals surface area contributed by atoms with Crippen LogP contribution in [0.4, 0.5) is 4.79 Å². The van der Waals surface area contributed by atoms with Gasteiger partial charge in [0, 0.05) is 50.4 Å². The number of carbonyl (C=O) groups is 7. The first-order valence-electron chi connectivity index (χ1n) is 18.6. The van der Waals surface area contributed by atoms with Gasteiger partial charge in [0.25, 0.3) is 11.8 Å². The number of benzene rings is 1. The first-order chi connectivity index (χ1) is 25.6. The minimum absolute atomic E-state index is 0.0575. The normalized spacial score (nSPS) is 22.6. The van der Waals surface area contributed by atoms with Crippen molar-refractivity contribution in [2.75, 3.05) is 19.6 Å². The van der Waals surface area contributed by atoms with Crippen molar-refractivity contribution in [1.29, 1.82) is 0 Å². The van der Waals surface area contributed by atoms with Gasteiger partial charge in [0.15, 0.2) is 23.6 Å². The minimum Gasteiger partial charge on any atom is -0.352 e. The average molecular weight is 755 g/mol. The fourth-order valence-electron chi connectivity index (χ4n) is 6.80. The highest BCUT2D eigenvalue weighted by Crippen LogP contribution is 2.38. The molecular weight excluding hydrogens is 700 g/mol. The number of primary amides is 1. The lowest BCUT2D eigenvalue weighted by Crippen LogP contribution is -2.51. The summed E-state index contributed by atoms with van der Waals surface area (Å²) in [6.45, 7) is 7.87. The van der Waals surface area contributed by atoms with E-state index in [-0.39, 0.29) is 56.4 Å². The molecule has 296 valence electrons. The Labute approximate surface area is 315 Å². The zero-order valence-electron chi connectivity index (χ0n) is 31.5. The lowest BCUT2D eigenvalue weighted by molar-refractivity contribution is -0.208. The molecule has 6 atom stereocenters. The van der Waals surface area contributed by atoms with E-state index >= 15 is 0 Å². The van der Waals surface area contributed by atoms with Crippen molar-refractivity contribution in [3.8, 4) is 0 Å². The number of ketones is 2. The smallest absolute Gasteiger partial charge is 0.312 e. The third-order valence-electron chi connectivity index (χ3n) is 9.70. The first kappa shape index (κ1) is 42.2. The molecule has 0 unspecified atom stereocenters. The second kappa shape index (κ2) is 19.2. The van der Waals surface area contributed by atoms with Crippen molar-refractivity contribution < 1.29 is 47.8 Å². The Morgan fingerprint density at radius 2 is 1.61 bits per heavy atom. The highest BCUT2D eigenvalue weighted by molar-refractivity contribution is 6.12. The van der Waals surface area contributed by atoms with Gasteiger partial charge in [-0.3, -0.25) is 33.7 Å². The minimum atomic E-state index is -1.18. The van der Waals surface area contributed by atoms with Crippen LogP contribution in [0.1, 0.15) is 77.3 Å². The second-order valence-corrected chi connectivity index (χ2v) is 14.8. The van der Waals surface area contributed by atoms with E-state index < -0.39 is 71.8 Å². The number of nitrogens with one attached hydrogen (secondary N) is 3. The first-order valence-corrected chi connectivity index (χ1v) is 18.6. The molecule has 7 N–H and O–H groups in total. The predicted molar refractivity (Wildman–Crippen MR) is 195 cm³/mol. The molecule has 16 nitrogen and oxygen atoms in total. The van der Waals surface area contributed by atoms with Crippen LogP contribution in [0.15, 0.2) is 36.4 Å². The summed E-state index contributed by atoms with van der Waals surface area (Å²) in [6, 6.07) is 5.01. The quantitative estimate of drug-likeness (QED) is 0.0874. The lowest BCUT2D eigenvalue weighted by atomic mass is 9.86. The maximum Gasteiger partial charge on any atom is 0.312 e. The van der Waals surface area contributed by atoms with E-state index in [1.165, 1.54) is 12.2 Å². The summed E-state index contributed by atoms with van der Waals surface area (Å²) in [7, 11) is 0. The second-order valence-electron chi connectivity index (χ2n) is 14.8. The summed E-state index contributed by atoms with van der Waals surface area (Å²) in [4.78, 5) is 90.5. The van der Waals surface area contributed by atoms with E-state index in [1.807, 2.05) is 24.3 Å². The molecule has 0 spiro atoms. The van der Waals surface area contributed by atoms with Gasteiger partial charge < -0.3 is 41.6 Å². The molecule has 0 bridgehead atoms. The number of imide groups is 1. The Balaban J connectivity index is 1.41. The van der Waals surface area contributed by atoms with Crippen molar-refractivity contribution >= 4 is 41.2 Å². The SMILES string of the molecule is CC(C)[C@@H](CC(=O)[C@H]1O[C@@H]2OC(C)(C)O[C@@H]2[C@@H]1NC(=O)CCCCN1C(=O)C=CC1=O)C(=O)N[C@H](CCCNC(N)=O)C(=O)Cc1ccc(CCN)cc1. The molecule has 1 aromatic carbocycles. The number of carbonyl (C=O) groups excluding carboxylic acids is 7. The van der Waals surface area contributed by atoms with Crippen LogP contribution in [0.2, 0.25) is 0 Å². The average Bonchev–Trinajstić information content (AvgIpc) is 3.71. The van der Waals surface area contributed by atoms with E-state index in [0.29, 0.717) is 32.2 Å². The zero-order valence-corrected chi connectivity index (χ0v) is 31.5. The van der Waals surface area contributed by atoms with Crippen LogP contribution >= 0.6 is 0 Å². The number of nitrogens with two attached hydrogens (primary N) is 2. The summed E-state index contributed by atoms with van der Waals surface area (Å²) in [5, 5.41) is 8.24. The number of hydrogen-bond acceptors (Lipinski definition) is 11. The Hall–Kier alpha value is -4.51. The monoisotopic (exact) mass is 754 g/mol. The largest absolute Gasteiger partial charge is 0.352 e. The zero-order chi connectivity index (χ0) is 39.6. The van der Waals surface area contributed by atoms with Gasteiger partial charge in [-0.15, -0.1) is 0 Å². The van der Waals surface area contributed by atoms with Crippen molar-refractivity contribution in [1.82, 2.24) is 20.9 Å². The summed E-state index contributed by atoms with van der Waals surface area (Å²) in [5.74, 6) is -4.53. The van der Waals surface area contributed by atoms with Crippen LogP contribution in [0.25, 0.3) is 0 Å². The number of amides is 6. The molecule has 0 radical (unpaired) electrons. The molecule has 3 aliphatic rings. The van der Waals surface area contributed by atoms with Gasteiger partial charge in [0.1, 0.15) is 12.2 Å². The molecule has 0 aromatic heterocycles. The van der Waals surface area contributed by atoms with Gasteiger partial charge in [0.2, 0.25) is 11.8 Å². The molecule has 2 fully saturated rings. The molecule has 3 aliphatic heterocycles. The number of unbranched alkanes of at least 4 members (excludes halogenated alkanes) is 1. The maximum atomic E-state index is 14.0. The Bertz CT molecular complexity index is 1560. The van der Waals surface area contributed by atoms with Crippen LogP contribution in [-0.4, -0.2) is 102 Å². The molecule has 2 saturated heterocycles. The van der Waals surface area contributed by atoms with E-state index in [1.54, 1.807) is 27.7 Å². The molecule has 0 saturated carbocycles. The standard InChI is InChI=1S/C38H54N6O10/c1-22(2)25(35(50)42-26(8-7-18-41-37(40)51)27(45)20-24-12-10-23(11-13-24)16-17-39)21-28(46)33-32(34-36(52-33)54-38(3,4)53-34)43-29(47)9-5-6-19-44-30(48)14-15-31(44)49/h10-15,22,25-26,32-34,36H,5-9,16-21,39H2,1-4H3,(H,42,50)(H,43,47)(H3,40,41,51)/t25-,26-,32-,33-,34-,36-/m1/s1. The number of rotatable bonds is 21. The van der Waals surface area contributed by atoms with Crippen LogP contribution in [0.5, 0.6) is 0 Å². The van der Waals surface area contributed by atoms with Gasteiger partial charge in [-0.2, -0.15) is 0 Å². The molecule has 16 heteroatoms. The molecule has 1 aromatic rings. The van der Waals surface area contributed by atoms with E-state index in [4.69, 9.17) is 25.7 Å². The lowest BCUT2D eigenvalue weighted by Gasteiger charge is -2.28. The van der Waals surface area contributed by atoms with Crippen molar-refractivity contribution in [2.45, 2.75) is 115 Å².